The van der Waals surface area contributed by atoms with E-state index in [1.165, 1.54) is 0 Å². The minimum atomic E-state index is -1.18. The molecule has 1 aromatic carbocycles. The quantitative estimate of drug-likeness (QED) is 0.0628. The van der Waals surface area contributed by atoms with Gasteiger partial charge in [-0.2, -0.15) is 0 Å². The number of carbonyl (C=O) groups excluding carboxylic acids is 3. The number of benzene rings is 1. The molecule has 0 spiro atoms. The van der Waals surface area contributed by atoms with Gasteiger partial charge in [0.05, 0.1) is 12.6 Å². The molecule has 0 bridgehead atoms. The van der Waals surface area contributed by atoms with Crippen LogP contribution in [-0.4, -0.2) is 77.5 Å². The van der Waals surface area contributed by atoms with E-state index in [0.717, 1.165) is 16.5 Å². The van der Waals surface area contributed by atoms with E-state index in [0.29, 0.717) is 25.8 Å². The third-order valence-corrected chi connectivity index (χ3v) is 6.03. The number of carboxylic acid groups (broad SMARTS) is 1. The Morgan fingerprint density at radius 1 is 0.974 bits per heavy atom. The van der Waals surface area contributed by atoms with E-state index in [-0.39, 0.29) is 31.8 Å². The van der Waals surface area contributed by atoms with Crippen LogP contribution in [0, 0.1) is 0 Å². The third kappa shape index (κ3) is 10.6. The van der Waals surface area contributed by atoms with Crippen molar-refractivity contribution in [3.63, 3.8) is 0 Å². The molecule has 14 nitrogen and oxygen atoms in total. The fourth-order valence-corrected chi connectivity index (χ4v) is 3.97. The first-order valence-corrected chi connectivity index (χ1v) is 12.8. The number of carbonyl (C=O) groups is 4. The summed E-state index contributed by atoms with van der Waals surface area (Å²) >= 11 is 0. The number of aromatic nitrogens is 1. The van der Waals surface area contributed by atoms with Crippen molar-refractivity contribution in [1.29, 1.82) is 0 Å². The summed E-state index contributed by atoms with van der Waals surface area (Å²) in [6.45, 7) is 0.173. The summed E-state index contributed by atoms with van der Waals surface area (Å²) in [5, 5.41) is 17.7. The van der Waals surface area contributed by atoms with Gasteiger partial charge < -0.3 is 49.0 Å². The van der Waals surface area contributed by atoms with Crippen molar-refractivity contribution < 1.29 is 24.3 Å². The number of nitrogens with two attached hydrogens (primary N) is 4. The lowest BCUT2D eigenvalue weighted by atomic mass is 10.0. The standard InChI is InChI=1S/C25H39N9O5/c26-10-4-3-8-20(24(38)39)33-21(35)14-32-23(37)19(9-5-11-30-25(28)29)34-22(36)17(27)12-15-13-31-18-7-2-1-6-16(15)18/h1-2,6-7,13,17,19-20,31H,3-5,8-12,14,26-27H2,(H,32,37)(H,33,35)(H,34,36)(H,38,39)(H4,28,29,30). The largest absolute Gasteiger partial charge is 0.480 e. The van der Waals surface area contributed by atoms with Crippen molar-refractivity contribution in [3.05, 3.63) is 36.0 Å². The number of nitrogens with one attached hydrogen (secondary N) is 4. The molecular formula is C25H39N9O5. The van der Waals surface area contributed by atoms with Crippen LogP contribution in [0.1, 0.15) is 37.7 Å². The molecule has 13 N–H and O–H groups in total. The molecule has 0 aliphatic rings. The Balaban J connectivity index is 1.98. The number of hydrogen-bond donors (Lipinski definition) is 9. The van der Waals surface area contributed by atoms with Gasteiger partial charge in [-0.1, -0.05) is 18.2 Å². The first-order valence-electron chi connectivity index (χ1n) is 12.8. The van der Waals surface area contributed by atoms with Crippen LogP contribution in [0.15, 0.2) is 35.5 Å². The molecule has 0 saturated carbocycles. The molecule has 0 fully saturated rings. The first-order chi connectivity index (χ1) is 18.6. The Hall–Kier alpha value is -4.17. The molecule has 2 aromatic rings. The molecule has 3 unspecified atom stereocenters. The van der Waals surface area contributed by atoms with Gasteiger partial charge in [0, 0.05) is 23.6 Å². The fraction of sp³-hybridized carbons (Fsp3) is 0.480. The molecule has 0 aliphatic heterocycles. The van der Waals surface area contributed by atoms with E-state index >= 15 is 0 Å². The van der Waals surface area contributed by atoms with Gasteiger partial charge in [-0.05, 0) is 56.7 Å². The Morgan fingerprint density at radius 2 is 1.69 bits per heavy atom. The van der Waals surface area contributed by atoms with E-state index < -0.39 is 48.4 Å². The van der Waals surface area contributed by atoms with Crippen LogP contribution in [0.4, 0.5) is 0 Å². The van der Waals surface area contributed by atoms with Gasteiger partial charge in [-0.3, -0.25) is 19.4 Å². The number of carboxylic acids is 1. The fourth-order valence-electron chi connectivity index (χ4n) is 3.97. The number of amides is 3. The molecule has 1 aromatic heterocycles. The van der Waals surface area contributed by atoms with Crippen LogP contribution in [0.3, 0.4) is 0 Å². The van der Waals surface area contributed by atoms with Crippen LogP contribution in [0.25, 0.3) is 10.9 Å². The Morgan fingerprint density at radius 3 is 2.38 bits per heavy atom. The minimum absolute atomic E-state index is 0.100. The van der Waals surface area contributed by atoms with Crippen molar-refractivity contribution >= 4 is 40.6 Å². The highest BCUT2D eigenvalue weighted by Gasteiger charge is 2.25. The van der Waals surface area contributed by atoms with E-state index in [1.807, 2.05) is 24.3 Å². The molecule has 0 aliphatic carbocycles. The van der Waals surface area contributed by atoms with E-state index in [4.69, 9.17) is 22.9 Å². The van der Waals surface area contributed by atoms with Crippen molar-refractivity contribution in [2.45, 2.75) is 56.7 Å². The molecule has 2 rings (SSSR count). The number of H-pyrrole nitrogens is 1. The zero-order chi connectivity index (χ0) is 28.8. The minimum Gasteiger partial charge on any atom is -0.480 e. The smallest absolute Gasteiger partial charge is 0.326 e. The lowest BCUT2D eigenvalue weighted by Crippen LogP contribution is -2.53. The Bertz CT molecular complexity index is 1150. The van der Waals surface area contributed by atoms with Crippen molar-refractivity contribution in [2.75, 3.05) is 19.6 Å². The van der Waals surface area contributed by atoms with Gasteiger partial charge in [-0.25, -0.2) is 4.79 Å². The van der Waals surface area contributed by atoms with E-state index in [2.05, 4.69) is 25.9 Å². The number of unbranched alkanes of at least 4 members (excludes halogenated alkanes) is 1. The zero-order valence-electron chi connectivity index (χ0n) is 21.8. The summed E-state index contributed by atoms with van der Waals surface area (Å²) in [6.07, 6.45) is 3.93. The van der Waals surface area contributed by atoms with Gasteiger partial charge >= 0.3 is 5.97 Å². The van der Waals surface area contributed by atoms with Gasteiger partial charge in [0.1, 0.15) is 12.1 Å². The maximum atomic E-state index is 12.9. The maximum Gasteiger partial charge on any atom is 0.326 e. The number of nitrogens with zero attached hydrogens (tertiary/aromatic N) is 1. The number of guanidine groups is 1. The van der Waals surface area contributed by atoms with Gasteiger partial charge in [0.15, 0.2) is 5.96 Å². The van der Waals surface area contributed by atoms with Crippen LogP contribution in [-0.2, 0) is 25.6 Å². The topological polar surface area (TPSA) is 257 Å². The molecule has 214 valence electrons. The number of para-hydroxylation sites is 1. The normalized spacial score (nSPS) is 13.2. The molecule has 0 saturated heterocycles. The Labute approximate surface area is 226 Å². The predicted molar refractivity (Wildman–Crippen MR) is 147 cm³/mol. The van der Waals surface area contributed by atoms with Gasteiger partial charge in [-0.15, -0.1) is 0 Å². The van der Waals surface area contributed by atoms with Crippen molar-refractivity contribution in [2.24, 2.45) is 27.9 Å². The highest BCUT2D eigenvalue weighted by atomic mass is 16.4. The number of aromatic amines is 1. The van der Waals surface area contributed by atoms with Crippen molar-refractivity contribution in [3.8, 4) is 0 Å². The van der Waals surface area contributed by atoms with Crippen LogP contribution in [0.5, 0.6) is 0 Å². The monoisotopic (exact) mass is 545 g/mol. The number of aliphatic imine (C=N–C) groups is 1. The predicted octanol–water partition coefficient (Wildman–Crippen LogP) is -1.61. The first kappa shape index (κ1) is 31.1. The Kier molecular flexibility index (Phi) is 12.7. The molecule has 3 amide bonds. The average Bonchev–Trinajstić information content (AvgIpc) is 3.30. The second-order valence-electron chi connectivity index (χ2n) is 9.14. The summed E-state index contributed by atoms with van der Waals surface area (Å²) in [6, 6.07) is 4.56. The molecule has 1 heterocycles. The van der Waals surface area contributed by atoms with Crippen molar-refractivity contribution in [1.82, 2.24) is 20.9 Å². The summed E-state index contributed by atoms with van der Waals surface area (Å²) in [4.78, 5) is 56.5. The summed E-state index contributed by atoms with van der Waals surface area (Å²) in [5.74, 6) is -3.13. The SMILES string of the molecule is NCCCCC(NC(=O)CNC(=O)C(CCCN=C(N)N)NC(=O)C(N)Cc1c[nH]c2ccccc12)C(=O)O. The summed E-state index contributed by atoms with van der Waals surface area (Å²) in [7, 11) is 0. The van der Waals surface area contributed by atoms with Gasteiger partial charge in [0.25, 0.3) is 0 Å². The van der Waals surface area contributed by atoms with E-state index in [9.17, 15) is 24.3 Å². The molecule has 3 atom stereocenters. The number of fused-ring (bicyclic) bond motifs is 1. The van der Waals surface area contributed by atoms with E-state index in [1.54, 1.807) is 6.20 Å². The molecular weight excluding hydrogens is 506 g/mol. The number of aliphatic carboxylic acids is 1. The number of rotatable bonds is 17. The third-order valence-electron chi connectivity index (χ3n) is 6.03. The highest BCUT2D eigenvalue weighted by molar-refractivity contribution is 5.93. The molecule has 14 heteroatoms. The second kappa shape index (κ2) is 15.9. The zero-order valence-corrected chi connectivity index (χ0v) is 21.8. The van der Waals surface area contributed by atoms with Gasteiger partial charge in [0.2, 0.25) is 17.7 Å². The van der Waals surface area contributed by atoms with Crippen LogP contribution in [0.2, 0.25) is 0 Å². The lowest BCUT2D eigenvalue weighted by Gasteiger charge is -2.21. The molecule has 0 radical (unpaired) electrons. The highest BCUT2D eigenvalue weighted by Crippen LogP contribution is 2.18. The average molecular weight is 546 g/mol. The van der Waals surface area contributed by atoms with Crippen LogP contribution < -0.4 is 38.9 Å². The second-order valence-corrected chi connectivity index (χ2v) is 9.14. The molecule has 39 heavy (non-hydrogen) atoms. The summed E-state index contributed by atoms with van der Waals surface area (Å²) in [5.41, 5.74) is 24.0. The van der Waals surface area contributed by atoms with Crippen LogP contribution >= 0.6 is 0 Å². The maximum absolute atomic E-state index is 12.9. The summed E-state index contributed by atoms with van der Waals surface area (Å²) < 4.78 is 0. The lowest BCUT2D eigenvalue weighted by molar-refractivity contribution is -0.142. The number of hydrogen-bond acceptors (Lipinski definition) is 7.